The summed E-state index contributed by atoms with van der Waals surface area (Å²) < 4.78 is 16.1. The molecule has 1 fully saturated rings. The molecule has 1 aliphatic rings. The third kappa shape index (κ3) is 3.61. The highest BCUT2D eigenvalue weighted by Gasteiger charge is 2.19. The van der Waals surface area contributed by atoms with E-state index in [1.807, 2.05) is 0 Å². The van der Waals surface area contributed by atoms with E-state index in [1.54, 1.807) is 25.1 Å². The molecular weight excluding hydrogens is 246 g/mol. The number of benzene rings is 1. The molecule has 19 heavy (non-hydrogen) atoms. The minimum absolute atomic E-state index is 0.0940. The van der Waals surface area contributed by atoms with Crippen LogP contribution in [0, 0.1) is 0 Å². The van der Waals surface area contributed by atoms with Crippen molar-refractivity contribution in [2.24, 2.45) is 0 Å². The van der Waals surface area contributed by atoms with E-state index in [1.165, 1.54) is 0 Å². The number of hydrogen-bond acceptors (Lipinski definition) is 5. The summed E-state index contributed by atoms with van der Waals surface area (Å²) in [5.41, 5.74) is 6.67. The Morgan fingerprint density at radius 1 is 1.53 bits per heavy atom. The molecule has 0 radical (unpaired) electrons. The fourth-order valence-corrected chi connectivity index (χ4v) is 1.99. The molecule has 0 saturated carbocycles. The van der Waals surface area contributed by atoms with Gasteiger partial charge in [0, 0.05) is 18.4 Å². The zero-order valence-electron chi connectivity index (χ0n) is 11.1. The highest BCUT2D eigenvalue weighted by molar-refractivity contribution is 5.93. The summed E-state index contributed by atoms with van der Waals surface area (Å²) in [4.78, 5) is 11.8. The van der Waals surface area contributed by atoms with Crippen LogP contribution in [0.15, 0.2) is 18.2 Å². The summed E-state index contributed by atoms with van der Waals surface area (Å²) in [5.74, 6) is 0.0544. The zero-order chi connectivity index (χ0) is 13.7. The van der Waals surface area contributed by atoms with E-state index in [-0.39, 0.29) is 6.10 Å². The molecule has 0 amide bonds. The number of esters is 1. The molecule has 0 aromatic heterocycles. The maximum Gasteiger partial charge on any atom is 0.341 e. The van der Waals surface area contributed by atoms with Crippen LogP contribution in [0.5, 0.6) is 5.75 Å². The molecule has 5 heteroatoms. The fraction of sp³-hybridized carbons (Fsp3) is 0.500. The van der Waals surface area contributed by atoms with E-state index in [2.05, 4.69) is 0 Å². The Kier molecular flexibility index (Phi) is 4.63. The van der Waals surface area contributed by atoms with E-state index < -0.39 is 5.97 Å². The molecule has 2 N–H and O–H groups in total. The maximum atomic E-state index is 11.8. The first kappa shape index (κ1) is 13.7. The molecule has 1 aromatic carbocycles. The van der Waals surface area contributed by atoms with Crippen LogP contribution in [0.3, 0.4) is 0 Å². The Morgan fingerprint density at radius 2 is 2.37 bits per heavy atom. The molecule has 0 aliphatic carbocycles. The Balaban J connectivity index is 2.07. The van der Waals surface area contributed by atoms with E-state index in [0.29, 0.717) is 30.2 Å². The monoisotopic (exact) mass is 265 g/mol. The quantitative estimate of drug-likeness (QED) is 0.651. The van der Waals surface area contributed by atoms with Crippen molar-refractivity contribution < 1.29 is 19.0 Å². The minimum Gasteiger partial charge on any atom is -0.490 e. The molecule has 1 aliphatic heterocycles. The van der Waals surface area contributed by atoms with Crippen molar-refractivity contribution in [3.8, 4) is 5.75 Å². The van der Waals surface area contributed by atoms with Crippen molar-refractivity contribution in [3.05, 3.63) is 23.8 Å². The number of nitrogens with two attached hydrogens (primary N) is 1. The van der Waals surface area contributed by atoms with Gasteiger partial charge < -0.3 is 19.9 Å². The average Bonchev–Trinajstić information content (AvgIpc) is 2.89. The van der Waals surface area contributed by atoms with E-state index >= 15 is 0 Å². The summed E-state index contributed by atoms with van der Waals surface area (Å²) >= 11 is 0. The summed E-state index contributed by atoms with van der Waals surface area (Å²) in [6, 6.07) is 4.92. The third-order valence-corrected chi connectivity index (χ3v) is 2.95. The SMILES string of the molecule is CCOC(=O)c1ccc(N)cc1OCC1CCCO1. The number of hydrogen-bond donors (Lipinski definition) is 1. The van der Waals surface area contributed by atoms with Crippen molar-refractivity contribution in [1.82, 2.24) is 0 Å². The molecule has 1 unspecified atom stereocenters. The van der Waals surface area contributed by atoms with Gasteiger partial charge in [0.1, 0.15) is 17.9 Å². The minimum atomic E-state index is -0.398. The molecule has 1 heterocycles. The first-order valence-corrected chi connectivity index (χ1v) is 6.51. The molecule has 0 spiro atoms. The average molecular weight is 265 g/mol. The van der Waals surface area contributed by atoms with Gasteiger partial charge in [-0.1, -0.05) is 0 Å². The van der Waals surface area contributed by atoms with E-state index in [4.69, 9.17) is 19.9 Å². The highest BCUT2D eigenvalue weighted by Crippen LogP contribution is 2.24. The molecule has 104 valence electrons. The van der Waals surface area contributed by atoms with Gasteiger partial charge in [-0.3, -0.25) is 0 Å². The largest absolute Gasteiger partial charge is 0.490 e. The fourth-order valence-electron chi connectivity index (χ4n) is 1.99. The van der Waals surface area contributed by atoms with Crippen LogP contribution in [0.4, 0.5) is 5.69 Å². The van der Waals surface area contributed by atoms with Crippen LogP contribution in [0.2, 0.25) is 0 Å². The molecule has 1 saturated heterocycles. The standard InChI is InChI=1S/C14H19NO4/c1-2-17-14(16)12-6-5-10(15)8-13(12)19-9-11-4-3-7-18-11/h5-6,8,11H,2-4,7,9,15H2,1H3. The first-order chi connectivity index (χ1) is 9.20. The molecule has 5 nitrogen and oxygen atoms in total. The van der Waals surface area contributed by atoms with Gasteiger partial charge in [-0.15, -0.1) is 0 Å². The predicted molar refractivity (Wildman–Crippen MR) is 71.3 cm³/mol. The summed E-state index contributed by atoms with van der Waals surface area (Å²) in [7, 11) is 0. The second kappa shape index (κ2) is 6.43. The van der Waals surface area contributed by atoms with Crippen molar-refractivity contribution in [3.63, 3.8) is 0 Å². The Hall–Kier alpha value is -1.75. The lowest BCUT2D eigenvalue weighted by Crippen LogP contribution is -2.18. The lowest BCUT2D eigenvalue weighted by Gasteiger charge is -2.14. The molecular formula is C14H19NO4. The third-order valence-electron chi connectivity index (χ3n) is 2.95. The number of rotatable bonds is 5. The Bertz CT molecular complexity index is 441. The second-order valence-corrected chi connectivity index (χ2v) is 4.42. The number of carbonyl (C=O) groups excluding carboxylic acids is 1. The molecule has 1 atom stereocenters. The number of ether oxygens (including phenoxy) is 3. The van der Waals surface area contributed by atoms with Gasteiger partial charge in [-0.05, 0) is 31.9 Å². The van der Waals surface area contributed by atoms with Gasteiger partial charge in [-0.2, -0.15) is 0 Å². The Labute approximate surface area is 112 Å². The van der Waals surface area contributed by atoms with Crippen LogP contribution >= 0.6 is 0 Å². The zero-order valence-corrected chi connectivity index (χ0v) is 11.1. The van der Waals surface area contributed by atoms with Crippen LogP contribution < -0.4 is 10.5 Å². The molecule has 1 aromatic rings. The van der Waals surface area contributed by atoms with Crippen molar-refractivity contribution in [2.75, 3.05) is 25.6 Å². The van der Waals surface area contributed by atoms with Crippen LogP contribution in [-0.4, -0.2) is 31.9 Å². The number of nitrogen functional groups attached to an aromatic ring is 1. The van der Waals surface area contributed by atoms with Crippen LogP contribution in [0.25, 0.3) is 0 Å². The van der Waals surface area contributed by atoms with Crippen molar-refractivity contribution in [1.29, 1.82) is 0 Å². The van der Waals surface area contributed by atoms with Gasteiger partial charge in [0.2, 0.25) is 0 Å². The van der Waals surface area contributed by atoms with Crippen LogP contribution in [0.1, 0.15) is 30.1 Å². The number of carbonyl (C=O) groups is 1. The van der Waals surface area contributed by atoms with Gasteiger partial charge >= 0.3 is 5.97 Å². The lowest BCUT2D eigenvalue weighted by molar-refractivity contribution is 0.0504. The van der Waals surface area contributed by atoms with Gasteiger partial charge in [0.25, 0.3) is 0 Å². The van der Waals surface area contributed by atoms with Gasteiger partial charge in [0.05, 0.1) is 12.7 Å². The normalized spacial score (nSPS) is 18.3. The Morgan fingerprint density at radius 3 is 3.05 bits per heavy atom. The van der Waals surface area contributed by atoms with Gasteiger partial charge in [-0.25, -0.2) is 4.79 Å². The van der Waals surface area contributed by atoms with E-state index in [9.17, 15) is 4.79 Å². The summed E-state index contributed by atoms with van der Waals surface area (Å²) in [6.45, 7) is 3.29. The second-order valence-electron chi connectivity index (χ2n) is 4.42. The number of anilines is 1. The van der Waals surface area contributed by atoms with Crippen molar-refractivity contribution >= 4 is 11.7 Å². The molecule has 2 rings (SSSR count). The molecule has 0 bridgehead atoms. The first-order valence-electron chi connectivity index (χ1n) is 6.51. The van der Waals surface area contributed by atoms with Crippen LogP contribution in [-0.2, 0) is 9.47 Å². The smallest absolute Gasteiger partial charge is 0.341 e. The van der Waals surface area contributed by atoms with E-state index in [0.717, 1.165) is 19.4 Å². The van der Waals surface area contributed by atoms with Crippen molar-refractivity contribution in [2.45, 2.75) is 25.9 Å². The summed E-state index contributed by atoms with van der Waals surface area (Å²) in [5, 5.41) is 0. The predicted octanol–water partition coefficient (Wildman–Crippen LogP) is 2.00. The lowest BCUT2D eigenvalue weighted by atomic mass is 10.2. The van der Waals surface area contributed by atoms with Gasteiger partial charge in [0.15, 0.2) is 0 Å². The summed E-state index contributed by atoms with van der Waals surface area (Å²) in [6.07, 6.45) is 2.13. The topological polar surface area (TPSA) is 70.8 Å². The maximum absolute atomic E-state index is 11.8. The highest BCUT2D eigenvalue weighted by atomic mass is 16.5.